The minimum Gasteiger partial charge on any atom is -0.492 e. The Morgan fingerprint density at radius 1 is 1.25 bits per heavy atom. The van der Waals surface area contributed by atoms with Crippen LogP contribution < -0.4 is 15.4 Å². The van der Waals surface area contributed by atoms with Gasteiger partial charge < -0.3 is 20.3 Å². The Morgan fingerprint density at radius 3 is 2.82 bits per heavy atom. The summed E-state index contributed by atoms with van der Waals surface area (Å²) in [5.74, 6) is 0.920. The Hall–Kier alpha value is -3.13. The largest absolute Gasteiger partial charge is 0.492 e. The van der Waals surface area contributed by atoms with E-state index < -0.39 is 0 Å². The van der Waals surface area contributed by atoms with E-state index >= 15 is 0 Å². The minimum atomic E-state index is -0.129. The second kappa shape index (κ2) is 8.71. The molecule has 3 rings (SSSR count). The number of hydrogen-bond donors (Lipinski definition) is 2. The van der Waals surface area contributed by atoms with E-state index in [1.807, 2.05) is 57.2 Å². The number of pyridine rings is 1. The van der Waals surface area contributed by atoms with Crippen LogP contribution in [0.1, 0.15) is 22.8 Å². The van der Waals surface area contributed by atoms with E-state index in [4.69, 9.17) is 4.74 Å². The number of likely N-dealkylation sites (N-methyl/N-ethyl adjacent to an activating group) is 1. The number of amides is 1. The van der Waals surface area contributed by atoms with E-state index in [0.29, 0.717) is 36.1 Å². The van der Waals surface area contributed by atoms with Crippen molar-refractivity contribution in [1.82, 2.24) is 24.8 Å². The molecule has 0 bridgehead atoms. The summed E-state index contributed by atoms with van der Waals surface area (Å²) in [4.78, 5) is 18.9. The van der Waals surface area contributed by atoms with Gasteiger partial charge in [0.2, 0.25) is 5.95 Å². The Morgan fingerprint density at radius 2 is 2.07 bits per heavy atom. The molecule has 2 N–H and O–H groups in total. The number of fused-ring (bicyclic) bond motifs is 1. The maximum Gasteiger partial charge on any atom is 0.251 e. The number of rotatable bonds is 8. The van der Waals surface area contributed by atoms with Crippen LogP contribution in [0.25, 0.3) is 5.65 Å². The first-order valence-electron chi connectivity index (χ1n) is 9.26. The zero-order valence-electron chi connectivity index (χ0n) is 16.7. The summed E-state index contributed by atoms with van der Waals surface area (Å²) >= 11 is 0. The van der Waals surface area contributed by atoms with Crippen molar-refractivity contribution in [3.8, 4) is 5.75 Å². The summed E-state index contributed by atoms with van der Waals surface area (Å²) in [5, 5.41) is 10.5. The highest BCUT2D eigenvalue weighted by molar-refractivity contribution is 5.95. The maximum absolute atomic E-state index is 12.4. The van der Waals surface area contributed by atoms with Gasteiger partial charge in [-0.15, -0.1) is 5.10 Å². The van der Waals surface area contributed by atoms with Gasteiger partial charge in [-0.05, 0) is 57.8 Å². The molecule has 8 nitrogen and oxygen atoms in total. The molecule has 148 valence electrons. The third-order valence-electron chi connectivity index (χ3n) is 4.11. The molecule has 8 heteroatoms. The monoisotopic (exact) mass is 382 g/mol. The number of nitrogens with one attached hydrogen (secondary N) is 2. The van der Waals surface area contributed by atoms with Crippen LogP contribution in [-0.4, -0.2) is 59.2 Å². The first-order chi connectivity index (χ1) is 13.5. The molecule has 0 aliphatic rings. The number of aryl methyl sites for hydroxylation is 1. The molecule has 3 aromatic rings. The molecule has 28 heavy (non-hydrogen) atoms. The molecule has 0 saturated heterocycles. The van der Waals surface area contributed by atoms with Crippen molar-refractivity contribution in [2.45, 2.75) is 13.8 Å². The SMILES string of the molecule is CCOc1cc(C(=O)NCCN(C)C)ccc1Nc1nc2ccc(C)cn2n1. The Kier molecular flexibility index (Phi) is 6.10. The van der Waals surface area contributed by atoms with E-state index in [0.717, 1.165) is 17.8 Å². The fraction of sp³-hybridized carbons (Fsp3) is 0.350. The zero-order chi connectivity index (χ0) is 20.1. The average molecular weight is 382 g/mol. The van der Waals surface area contributed by atoms with Crippen LogP contribution in [0.2, 0.25) is 0 Å². The number of ether oxygens (including phenoxy) is 1. The second-order valence-corrected chi connectivity index (χ2v) is 6.77. The van der Waals surface area contributed by atoms with Gasteiger partial charge >= 0.3 is 0 Å². The number of carbonyl (C=O) groups excluding carboxylic acids is 1. The van der Waals surface area contributed by atoms with Gasteiger partial charge in [-0.3, -0.25) is 4.79 Å². The summed E-state index contributed by atoms with van der Waals surface area (Å²) in [7, 11) is 3.93. The topological polar surface area (TPSA) is 83.8 Å². The standard InChI is InChI=1S/C20H26N6O2/c1-5-28-17-12-15(19(27)21-10-11-25(3)4)7-8-16(17)22-20-23-18-9-6-14(2)13-26(18)24-20/h6-9,12-13H,5,10-11H2,1-4H3,(H,21,27)(H,22,24). The summed E-state index contributed by atoms with van der Waals surface area (Å²) < 4.78 is 7.45. The predicted octanol–water partition coefficient (Wildman–Crippen LogP) is 2.47. The van der Waals surface area contributed by atoms with Crippen molar-refractivity contribution in [3.63, 3.8) is 0 Å². The summed E-state index contributed by atoms with van der Waals surface area (Å²) in [6.45, 7) is 5.75. The quantitative estimate of drug-likeness (QED) is 0.623. The van der Waals surface area contributed by atoms with E-state index in [9.17, 15) is 4.79 Å². The van der Waals surface area contributed by atoms with Crippen molar-refractivity contribution >= 4 is 23.2 Å². The maximum atomic E-state index is 12.4. The lowest BCUT2D eigenvalue weighted by Crippen LogP contribution is -2.31. The van der Waals surface area contributed by atoms with Crippen LogP contribution in [0.5, 0.6) is 5.75 Å². The van der Waals surface area contributed by atoms with Gasteiger partial charge in [0, 0.05) is 24.8 Å². The molecule has 0 fully saturated rings. The van der Waals surface area contributed by atoms with E-state index in [1.54, 1.807) is 16.6 Å². The van der Waals surface area contributed by atoms with Crippen molar-refractivity contribution in [1.29, 1.82) is 0 Å². The molecular formula is C20H26N6O2. The van der Waals surface area contributed by atoms with Crippen molar-refractivity contribution in [2.75, 3.05) is 39.1 Å². The molecule has 1 amide bonds. The highest BCUT2D eigenvalue weighted by Crippen LogP contribution is 2.28. The van der Waals surface area contributed by atoms with Crippen LogP contribution in [-0.2, 0) is 0 Å². The first-order valence-corrected chi connectivity index (χ1v) is 9.26. The molecule has 0 spiro atoms. The lowest BCUT2D eigenvalue weighted by atomic mass is 10.1. The van der Waals surface area contributed by atoms with Crippen molar-refractivity contribution in [3.05, 3.63) is 47.7 Å². The lowest BCUT2D eigenvalue weighted by molar-refractivity contribution is 0.0950. The Bertz CT molecular complexity index is 966. The van der Waals surface area contributed by atoms with Crippen LogP contribution in [0.3, 0.4) is 0 Å². The molecule has 2 aromatic heterocycles. The highest BCUT2D eigenvalue weighted by Gasteiger charge is 2.13. The summed E-state index contributed by atoms with van der Waals surface area (Å²) in [6.07, 6.45) is 1.91. The molecule has 0 aliphatic carbocycles. The second-order valence-electron chi connectivity index (χ2n) is 6.77. The first kappa shape index (κ1) is 19.6. The molecule has 0 saturated carbocycles. The Balaban J connectivity index is 1.79. The van der Waals surface area contributed by atoms with Gasteiger partial charge in [-0.25, -0.2) is 4.52 Å². The van der Waals surface area contributed by atoms with Gasteiger partial charge in [0.15, 0.2) is 5.65 Å². The van der Waals surface area contributed by atoms with E-state index in [1.165, 1.54) is 0 Å². The van der Waals surface area contributed by atoms with E-state index in [2.05, 4.69) is 20.7 Å². The van der Waals surface area contributed by atoms with Gasteiger partial charge in [-0.1, -0.05) is 6.07 Å². The fourth-order valence-electron chi connectivity index (χ4n) is 2.70. The molecule has 0 atom stereocenters. The summed E-state index contributed by atoms with van der Waals surface area (Å²) in [5.41, 5.74) is 3.11. The van der Waals surface area contributed by atoms with Gasteiger partial charge in [0.1, 0.15) is 5.75 Å². The minimum absolute atomic E-state index is 0.129. The molecular weight excluding hydrogens is 356 g/mol. The molecule has 0 unspecified atom stereocenters. The molecule has 0 radical (unpaired) electrons. The lowest BCUT2D eigenvalue weighted by Gasteiger charge is -2.13. The number of benzene rings is 1. The predicted molar refractivity (Wildman–Crippen MR) is 110 cm³/mol. The number of hydrogen-bond acceptors (Lipinski definition) is 6. The van der Waals surface area contributed by atoms with Crippen LogP contribution in [0.15, 0.2) is 36.5 Å². The van der Waals surface area contributed by atoms with Crippen molar-refractivity contribution < 1.29 is 9.53 Å². The van der Waals surface area contributed by atoms with Crippen molar-refractivity contribution in [2.24, 2.45) is 0 Å². The highest BCUT2D eigenvalue weighted by atomic mass is 16.5. The molecule has 2 heterocycles. The number of anilines is 2. The third kappa shape index (κ3) is 4.77. The number of aromatic nitrogens is 3. The van der Waals surface area contributed by atoms with Crippen LogP contribution in [0, 0.1) is 6.92 Å². The van der Waals surface area contributed by atoms with Crippen LogP contribution in [0.4, 0.5) is 11.6 Å². The zero-order valence-corrected chi connectivity index (χ0v) is 16.7. The normalized spacial score (nSPS) is 11.0. The van der Waals surface area contributed by atoms with Gasteiger partial charge in [0.05, 0.1) is 12.3 Å². The molecule has 1 aromatic carbocycles. The van der Waals surface area contributed by atoms with Crippen LogP contribution >= 0.6 is 0 Å². The average Bonchev–Trinajstić information content (AvgIpc) is 3.04. The number of nitrogens with zero attached hydrogens (tertiary/aromatic N) is 4. The summed E-state index contributed by atoms with van der Waals surface area (Å²) in [6, 6.07) is 9.20. The van der Waals surface area contributed by atoms with Gasteiger partial charge in [-0.2, -0.15) is 4.98 Å². The van der Waals surface area contributed by atoms with E-state index in [-0.39, 0.29) is 5.91 Å². The third-order valence-corrected chi connectivity index (χ3v) is 4.11. The smallest absolute Gasteiger partial charge is 0.251 e. The van der Waals surface area contributed by atoms with Gasteiger partial charge in [0.25, 0.3) is 5.91 Å². The fourth-order valence-corrected chi connectivity index (χ4v) is 2.70. The molecule has 0 aliphatic heterocycles. The number of carbonyl (C=O) groups is 1. The Labute approximate surface area is 164 Å².